The van der Waals surface area contributed by atoms with E-state index in [1.807, 2.05) is 0 Å². The normalized spacial score (nSPS) is 18.9. The van der Waals surface area contributed by atoms with Crippen molar-refractivity contribution in [1.82, 2.24) is 20.4 Å². The van der Waals surface area contributed by atoms with Gasteiger partial charge >= 0.3 is 6.18 Å². The van der Waals surface area contributed by atoms with Gasteiger partial charge in [-0.3, -0.25) is 24.2 Å². The monoisotopic (exact) mass is 398 g/mol. The number of hydrogen-bond acceptors (Lipinski definition) is 5. The molecule has 0 radical (unpaired) electrons. The summed E-state index contributed by atoms with van der Waals surface area (Å²) < 4.78 is 40.1. The number of imide groups is 1. The number of benzene rings is 1. The third-order valence-electron chi connectivity index (χ3n) is 4.89. The van der Waals surface area contributed by atoms with Crippen LogP contribution in [0.4, 0.5) is 13.2 Å². The number of carbonyl (C=O) groups excluding carboxylic acids is 3. The third kappa shape index (κ3) is 4.17. The van der Waals surface area contributed by atoms with Crippen LogP contribution in [0.25, 0.3) is 0 Å². The van der Waals surface area contributed by atoms with Crippen molar-refractivity contribution in [3.63, 3.8) is 0 Å². The van der Waals surface area contributed by atoms with Crippen molar-refractivity contribution < 1.29 is 27.6 Å². The van der Waals surface area contributed by atoms with E-state index < -0.39 is 43.0 Å². The zero-order valence-electron chi connectivity index (χ0n) is 15.3. The van der Waals surface area contributed by atoms with Crippen LogP contribution in [0.1, 0.15) is 26.3 Å². The predicted octanol–water partition coefficient (Wildman–Crippen LogP) is 0.543. The quantitative estimate of drug-likeness (QED) is 0.708. The summed E-state index contributed by atoms with van der Waals surface area (Å²) >= 11 is 0. The van der Waals surface area contributed by atoms with E-state index in [2.05, 4.69) is 10.6 Å². The van der Waals surface area contributed by atoms with Crippen molar-refractivity contribution in [2.45, 2.75) is 19.1 Å². The molecule has 2 aliphatic heterocycles. The molecule has 1 atom stereocenters. The highest BCUT2D eigenvalue weighted by molar-refractivity contribution is 6.22. The van der Waals surface area contributed by atoms with E-state index in [4.69, 9.17) is 0 Å². The second-order valence-corrected chi connectivity index (χ2v) is 6.89. The molecular weight excluding hydrogens is 377 g/mol. The Hall–Kier alpha value is -2.46. The Morgan fingerprint density at radius 3 is 2.46 bits per heavy atom. The first-order chi connectivity index (χ1) is 13.2. The second-order valence-electron chi connectivity index (χ2n) is 6.89. The molecule has 0 aliphatic carbocycles. The Labute approximate surface area is 159 Å². The van der Waals surface area contributed by atoms with Crippen molar-refractivity contribution in [2.75, 3.05) is 39.3 Å². The lowest BCUT2D eigenvalue weighted by Crippen LogP contribution is -2.58. The van der Waals surface area contributed by atoms with E-state index in [0.29, 0.717) is 13.1 Å². The maximum absolute atomic E-state index is 13.4. The minimum atomic E-state index is -4.50. The van der Waals surface area contributed by atoms with Gasteiger partial charge in [0, 0.05) is 32.7 Å². The lowest BCUT2D eigenvalue weighted by Gasteiger charge is -2.36. The topological polar surface area (TPSA) is 81.8 Å². The van der Waals surface area contributed by atoms with Crippen molar-refractivity contribution in [3.8, 4) is 0 Å². The van der Waals surface area contributed by atoms with Gasteiger partial charge in [-0.1, -0.05) is 11.6 Å². The number of halogens is 3. The van der Waals surface area contributed by atoms with Gasteiger partial charge in [0.2, 0.25) is 5.91 Å². The second kappa shape index (κ2) is 7.88. The number of fused-ring (bicyclic) bond motifs is 1. The van der Waals surface area contributed by atoms with E-state index in [9.17, 15) is 27.6 Å². The van der Waals surface area contributed by atoms with Crippen molar-refractivity contribution >= 4 is 17.7 Å². The van der Waals surface area contributed by atoms with Gasteiger partial charge in [0.15, 0.2) is 0 Å². The van der Waals surface area contributed by atoms with Crippen LogP contribution >= 0.6 is 0 Å². The van der Waals surface area contributed by atoms with E-state index in [0.717, 1.165) is 10.5 Å². The molecule has 10 heteroatoms. The lowest BCUT2D eigenvalue weighted by atomic mass is 10.1. The van der Waals surface area contributed by atoms with Crippen LogP contribution in [0.5, 0.6) is 0 Å². The van der Waals surface area contributed by atoms with Crippen LogP contribution < -0.4 is 10.6 Å². The summed E-state index contributed by atoms with van der Waals surface area (Å²) in [5, 5.41) is 5.20. The molecule has 3 rings (SSSR count). The Morgan fingerprint density at radius 1 is 1.18 bits per heavy atom. The molecule has 152 valence electrons. The van der Waals surface area contributed by atoms with Crippen molar-refractivity contribution in [3.05, 3.63) is 34.9 Å². The number of rotatable bonds is 5. The van der Waals surface area contributed by atoms with Crippen LogP contribution in [-0.2, 0) is 4.79 Å². The summed E-state index contributed by atoms with van der Waals surface area (Å²) in [4.78, 5) is 38.9. The number of aryl methyl sites for hydroxylation is 1. The average molecular weight is 398 g/mol. The summed E-state index contributed by atoms with van der Waals surface area (Å²) in [5.41, 5.74) is 1.18. The minimum Gasteiger partial charge on any atom is -0.353 e. The number of nitrogens with zero attached hydrogens (tertiary/aromatic N) is 2. The summed E-state index contributed by atoms with van der Waals surface area (Å²) in [6.07, 6.45) is -4.50. The SMILES string of the molecule is Cc1ccc2c(c1)C(=O)N(CC(=O)NCC(N1CCNCC1)C(F)(F)F)C2=O. The zero-order chi connectivity index (χ0) is 20.5. The lowest BCUT2D eigenvalue weighted by molar-refractivity contribution is -0.184. The van der Waals surface area contributed by atoms with Crippen LogP contribution in [0.3, 0.4) is 0 Å². The Kier molecular flexibility index (Phi) is 5.71. The fourth-order valence-electron chi connectivity index (χ4n) is 3.40. The fourth-order valence-corrected chi connectivity index (χ4v) is 3.40. The van der Waals surface area contributed by atoms with Crippen LogP contribution in [0, 0.1) is 6.92 Å². The first-order valence-electron chi connectivity index (χ1n) is 8.93. The van der Waals surface area contributed by atoms with Gasteiger partial charge in [0.25, 0.3) is 11.8 Å². The summed E-state index contributed by atoms with van der Waals surface area (Å²) in [6.45, 7) is 1.84. The molecule has 7 nitrogen and oxygen atoms in total. The molecule has 0 bridgehead atoms. The summed E-state index contributed by atoms with van der Waals surface area (Å²) in [5.74, 6) is -2.05. The number of hydrogen-bond donors (Lipinski definition) is 2. The van der Waals surface area contributed by atoms with Gasteiger partial charge < -0.3 is 10.6 Å². The first kappa shape index (κ1) is 20.3. The van der Waals surface area contributed by atoms with Crippen molar-refractivity contribution in [1.29, 1.82) is 0 Å². The van der Waals surface area contributed by atoms with Crippen molar-refractivity contribution in [2.24, 2.45) is 0 Å². The molecule has 0 saturated carbocycles. The number of piperazine rings is 1. The molecule has 28 heavy (non-hydrogen) atoms. The number of carbonyl (C=O) groups is 3. The van der Waals surface area contributed by atoms with Gasteiger partial charge in [-0.05, 0) is 19.1 Å². The Balaban J connectivity index is 1.62. The van der Waals surface area contributed by atoms with Gasteiger partial charge in [0.05, 0.1) is 11.1 Å². The molecule has 1 aromatic rings. The van der Waals surface area contributed by atoms with Gasteiger partial charge in [-0.2, -0.15) is 13.2 Å². The molecule has 1 aromatic carbocycles. The standard InChI is InChI=1S/C18H21F3N4O3/c1-11-2-3-12-13(8-11)17(28)25(16(12)27)10-15(26)23-9-14(18(19,20)21)24-6-4-22-5-7-24/h2-3,8,14,22H,4-7,9-10H2,1H3,(H,23,26). The molecule has 1 unspecified atom stereocenters. The predicted molar refractivity (Wildman–Crippen MR) is 93.8 cm³/mol. The maximum Gasteiger partial charge on any atom is 0.405 e. The Morgan fingerprint density at radius 2 is 1.82 bits per heavy atom. The number of nitrogens with one attached hydrogen (secondary N) is 2. The largest absolute Gasteiger partial charge is 0.405 e. The highest BCUT2D eigenvalue weighted by atomic mass is 19.4. The van der Waals surface area contributed by atoms with Crippen LogP contribution in [0.15, 0.2) is 18.2 Å². The zero-order valence-corrected chi connectivity index (χ0v) is 15.3. The van der Waals surface area contributed by atoms with Gasteiger partial charge in [-0.25, -0.2) is 0 Å². The van der Waals surface area contributed by atoms with E-state index in [-0.39, 0.29) is 24.2 Å². The van der Waals surface area contributed by atoms with Crippen LogP contribution in [-0.4, -0.2) is 79.0 Å². The highest BCUT2D eigenvalue weighted by Crippen LogP contribution is 2.25. The maximum atomic E-state index is 13.4. The van der Waals surface area contributed by atoms with E-state index >= 15 is 0 Å². The summed E-state index contributed by atoms with van der Waals surface area (Å²) in [6, 6.07) is 2.92. The average Bonchev–Trinajstić information content (AvgIpc) is 2.86. The molecule has 0 aromatic heterocycles. The highest BCUT2D eigenvalue weighted by Gasteiger charge is 2.44. The van der Waals surface area contributed by atoms with Gasteiger partial charge in [-0.15, -0.1) is 0 Å². The number of alkyl halides is 3. The molecule has 1 fully saturated rings. The number of amides is 3. The van der Waals surface area contributed by atoms with E-state index in [1.54, 1.807) is 19.1 Å². The van der Waals surface area contributed by atoms with Crippen LogP contribution in [0.2, 0.25) is 0 Å². The summed E-state index contributed by atoms with van der Waals surface area (Å²) in [7, 11) is 0. The van der Waals surface area contributed by atoms with E-state index in [1.165, 1.54) is 11.0 Å². The molecule has 2 N–H and O–H groups in total. The molecule has 1 saturated heterocycles. The third-order valence-corrected chi connectivity index (χ3v) is 4.89. The Bertz CT molecular complexity index is 791. The molecule has 2 heterocycles. The smallest absolute Gasteiger partial charge is 0.353 e. The molecular formula is C18H21F3N4O3. The minimum absolute atomic E-state index is 0.192. The molecule has 2 aliphatic rings. The first-order valence-corrected chi connectivity index (χ1v) is 8.93. The molecule has 3 amide bonds. The fraction of sp³-hybridized carbons (Fsp3) is 0.500. The molecule has 0 spiro atoms. The van der Waals surface area contributed by atoms with Gasteiger partial charge in [0.1, 0.15) is 12.6 Å².